The van der Waals surface area contributed by atoms with Crippen molar-refractivity contribution in [2.24, 2.45) is 0 Å². The molecule has 0 spiro atoms. The Kier molecular flexibility index (Phi) is 7.97. The lowest BCUT2D eigenvalue weighted by Crippen LogP contribution is -2.34. The first kappa shape index (κ1) is 26.7. The molecular formula is C28H21ClF3N3O3. The largest absolute Gasteiger partial charge is 0.457 e. The Morgan fingerprint density at radius 2 is 1.71 bits per heavy atom. The Bertz CT molecular complexity index is 1480. The molecule has 0 unspecified atom stereocenters. The first-order chi connectivity index (χ1) is 18.1. The van der Waals surface area contributed by atoms with E-state index in [2.05, 4.69) is 15.6 Å². The minimum Gasteiger partial charge on any atom is -0.457 e. The fraction of sp³-hybridized carbons (Fsp3) is 0.107. The minimum absolute atomic E-state index is 0.0357. The third-order valence-corrected chi connectivity index (χ3v) is 5.81. The average molecular weight is 540 g/mol. The number of nitrogens with zero attached hydrogens (tertiary/aromatic N) is 1. The van der Waals surface area contributed by atoms with Crippen LogP contribution in [0.3, 0.4) is 0 Å². The maximum Gasteiger partial charge on any atom is 0.416 e. The van der Waals surface area contributed by atoms with E-state index in [1.807, 2.05) is 6.92 Å². The predicted molar refractivity (Wildman–Crippen MR) is 137 cm³/mol. The monoisotopic (exact) mass is 539 g/mol. The van der Waals surface area contributed by atoms with Gasteiger partial charge in [0.2, 0.25) is 0 Å². The second kappa shape index (κ2) is 11.4. The van der Waals surface area contributed by atoms with Crippen molar-refractivity contribution in [3.05, 3.63) is 118 Å². The molecule has 2 N–H and O–H groups in total. The summed E-state index contributed by atoms with van der Waals surface area (Å²) in [5.74, 6) is -0.944. The summed E-state index contributed by atoms with van der Waals surface area (Å²) in [5, 5.41) is 5.37. The Hall–Kier alpha value is -4.37. The zero-order valence-electron chi connectivity index (χ0n) is 20.0. The van der Waals surface area contributed by atoms with E-state index in [1.165, 1.54) is 18.2 Å². The summed E-state index contributed by atoms with van der Waals surface area (Å²) >= 11 is 6.13. The quantitative estimate of drug-likeness (QED) is 0.266. The molecule has 0 saturated heterocycles. The number of nitrogens with one attached hydrogen (secondary N) is 2. The van der Waals surface area contributed by atoms with Gasteiger partial charge in [-0.1, -0.05) is 29.3 Å². The molecule has 4 rings (SSSR count). The van der Waals surface area contributed by atoms with E-state index in [4.69, 9.17) is 16.0 Å². The molecular weight excluding hydrogens is 519 g/mol. The molecule has 0 aliphatic rings. The standard InChI is InChI=1S/C28H21ClF3N3O3/c1-17-2-4-19(5-3-17)26(36)35-24(27(37)34-16-18-10-12-33-13-11-18)15-21-7-9-25(38-21)22-14-20(28(30,31)32)6-8-23(22)29/h2-15H,16H2,1H3,(H,34,37)(H,35,36). The average Bonchev–Trinajstić information content (AvgIpc) is 3.35. The molecule has 6 nitrogen and oxygen atoms in total. The maximum atomic E-state index is 13.2. The van der Waals surface area contributed by atoms with Crippen molar-refractivity contribution in [1.82, 2.24) is 15.6 Å². The van der Waals surface area contributed by atoms with Crippen LogP contribution >= 0.6 is 11.6 Å². The van der Waals surface area contributed by atoms with Crippen molar-refractivity contribution < 1.29 is 27.2 Å². The van der Waals surface area contributed by atoms with Crippen LogP contribution in [0.1, 0.15) is 32.8 Å². The van der Waals surface area contributed by atoms with Crippen LogP contribution in [0.5, 0.6) is 0 Å². The molecule has 2 amide bonds. The molecule has 0 radical (unpaired) electrons. The number of halogens is 4. The molecule has 2 heterocycles. The van der Waals surface area contributed by atoms with Gasteiger partial charge in [0.1, 0.15) is 17.2 Å². The van der Waals surface area contributed by atoms with Crippen LogP contribution in [0.2, 0.25) is 5.02 Å². The molecule has 0 fully saturated rings. The number of carbonyl (C=O) groups excluding carboxylic acids is 2. The number of aromatic nitrogens is 1. The van der Waals surface area contributed by atoms with Gasteiger partial charge in [0.25, 0.3) is 11.8 Å². The summed E-state index contributed by atoms with van der Waals surface area (Å²) in [5.41, 5.74) is 1.11. The van der Waals surface area contributed by atoms with Gasteiger partial charge in [-0.3, -0.25) is 14.6 Å². The fourth-order valence-corrected chi connectivity index (χ4v) is 3.65. The van der Waals surface area contributed by atoms with E-state index in [0.717, 1.165) is 29.3 Å². The fourth-order valence-electron chi connectivity index (χ4n) is 3.44. The second-order valence-electron chi connectivity index (χ2n) is 8.31. The van der Waals surface area contributed by atoms with E-state index >= 15 is 0 Å². The van der Waals surface area contributed by atoms with Gasteiger partial charge in [-0.05, 0) is 67.1 Å². The summed E-state index contributed by atoms with van der Waals surface area (Å²) < 4.78 is 45.3. The molecule has 2 aromatic heterocycles. The lowest BCUT2D eigenvalue weighted by Gasteiger charge is -2.11. The molecule has 0 bridgehead atoms. The molecule has 4 aromatic rings. The van der Waals surface area contributed by atoms with Crippen molar-refractivity contribution in [1.29, 1.82) is 0 Å². The van der Waals surface area contributed by atoms with Gasteiger partial charge in [-0.15, -0.1) is 0 Å². The number of alkyl halides is 3. The van der Waals surface area contributed by atoms with Crippen molar-refractivity contribution in [2.45, 2.75) is 19.6 Å². The third kappa shape index (κ3) is 6.68. The van der Waals surface area contributed by atoms with E-state index in [0.29, 0.717) is 5.56 Å². The van der Waals surface area contributed by atoms with Crippen molar-refractivity contribution >= 4 is 29.5 Å². The zero-order valence-corrected chi connectivity index (χ0v) is 20.7. The number of aryl methyl sites for hydroxylation is 1. The van der Waals surface area contributed by atoms with Crippen molar-refractivity contribution in [2.75, 3.05) is 0 Å². The Balaban J connectivity index is 1.63. The van der Waals surface area contributed by atoms with Crippen LogP contribution < -0.4 is 10.6 Å². The number of furan rings is 1. The molecule has 0 saturated carbocycles. The van der Waals surface area contributed by atoms with Gasteiger partial charge in [-0.2, -0.15) is 13.2 Å². The lowest BCUT2D eigenvalue weighted by molar-refractivity contribution is -0.137. The summed E-state index contributed by atoms with van der Waals surface area (Å²) in [6.45, 7) is 2.05. The summed E-state index contributed by atoms with van der Waals surface area (Å²) in [6, 6.07) is 16.0. The van der Waals surface area contributed by atoms with E-state index < -0.39 is 23.6 Å². The number of benzene rings is 2. The van der Waals surface area contributed by atoms with Gasteiger partial charge < -0.3 is 15.1 Å². The number of rotatable bonds is 7. The van der Waals surface area contributed by atoms with Gasteiger partial charge in [0.15, 0.2) is 0 Å². The number of hydrogen-bond acceptors (Lipinski definition) is 4. The molecule has 0 aliphatic heterocycles. The van der Waals surface area contributed by atoms with Crippen LogP contribution in [-0.4, -0.2) is 16.8 Å². The van der Waals surface area contributed by atoms with E-state index in [9.17, 15) is 22.8 Å². The molecule has 10 heteroatoms. The first-order valence-electron chi connectivity index (χ1n) is 11.3. The normalized spacial score (nSPS) is 11.8. The maximum absolute atomic E-state index is 13.2. The van der Waals surface area contributed by atoms with E-state index in [-0.39, 0.29) is 34.3 Å². The molecule has 0 aliphatic carbocycles. The van der Waals surface area contributed by atoms with Gasteiger partial charge >= 0.3 is 6.18 Å². The lowest BCUT2D eigenvalue weighted by atomic mass is 10.1. The van der Waals surface area contributed by atoms with Crippen LogP contribution in [-0.2, 0) is 17.5 Å². The summed E-state index contributed by atoms with van der Waals surface area (Å²) in [7, 11) is 0. The third-order valence-electron chi connectivity index (χ3n) is 5.48. The summed E-state index contributed by atoms with van der Waals surface area (Å²) in [6.07, 6.45) is -0.102. The second-order valence-corrected chi connectivity index (χ2v) is 8.72. The number of hydrogen-bond donors (Lipinski definition) is 2. The van der Waals surface area contributed by atoms with E-state index in [1.54, 1.807) is 48.8 Å². The van der Waals surface area contributed by atoms with Crippen LogP contribution in [0.15, 0.2) is 89.2 Å². The highest BCUT2D eigenvalue weighted by Crippen LogP contribution is 2.36. The highest BCUT2D eigenvalue weighted by Gasteiger charge is 2.31. The Morgan fingerprint density at radius 1 is 1.00 bits per heavy atom. The highest BCUT2D eigenvalue weighted by molar-refractivity contribution is 6.33. The number of amides is 2. The van der Waals surface area contributed by atoms with Crippen molar-refractivity contribution in [3.63, 3.8) is 0 Å². The van der Waals surface area contributed by atoms with Crippen LogP contribution in [0.25, 0.3) is 17.4 Å². The number of pyridine rings is 1. The Labute approximate surface area is 221 Å². The Morgan fingerprint density at radius 3 is 2.39 bits per heavy atom. The van der Waals surface area contributed by atoms with Gasteiger partial charge in [-0.25, -0.2) is 0 Å². The topological polar surface area (TPSA) is 84.2 Å². The molecule has 38 heavy (non-hydrogen) atoms. The number of carbonyl (C=O) groups is 2. The molecule has 194 valence electrons. The molecule has 0 atom stereocenters. The van der Waals surface area contributed by atoms with Crippen LogP contribution in [0.4, 0.5) is 13.2 Å². The zero-order chi connectivity index (χ0) is 27.3. The van der Waals surface area contributed by atoms with Gasteiger partial charge in [0.05, 0.1) is 10.6 Å². The first-order valence-corrected chi connectivity index (χ1v) is 11.7. The minimum atomic E-state index is -4.56. The van der Waals surface area contributed by atoms with Gasteiger partial charge in [0, 0.05) is 36.1 Å². The SMILES string of the molecule is Cc1ccc(C(=O)NC(=Cc2ccc(-c3cc(C(F)(F)F)ccc3Cl)o2)C(=O)NCc2ccncc2)cc1. The smallest absolute Gasteiger partial charge is 0.416 e. The highest BCUT2D eigenvalue weighted by atomic mass is 35.5. The molecule has 2 aromatic carbocycles. The summed E-state index contributed by atoms with van der Waals surface area (Å²) in [4.78, 5) is 29.8. The van der Waals surface area contributed by atoms with Crippen molar-refractivity contribution in [3.8, 4) is 11.3 Å². The van der Waals surface area contributed by atoms with Crippen LogP contribution in [0, 0.1) is 6.92 Å². The predicted octanol–water partition coefficient (Wildman–Crippen LogP) is 6.41.